The predicted octanol–water partition coefficient (Wildman–Crippen LogP) is 3.46. The Balaban J connectivity index is 2.34. The second kappa shape index (κ2) is 4.02. The molecule has 2 aliphatic carbocycles. The average molecular weight is 290 g/mol. The third-order valence-corrected chi connectivity index (χ3v) is 5.62. The molecule has 3 heteroatoms. The second-order valence-electron chi connectivity index (χ2n) is 8.41. The molecule has 3 rings (SSSR count). The van der Waals surface area contributed by atoms with E-state index < -0.39 is 11.7 Å². The minimum atomic E-state index is -1.05. The normalized spacial score (nSPS) is 37.2. The Morgan fingerprint density at radius 3 is 2.33 bits per heavy atom. The second-order valence-corrected chi connectivity index (χ2v) is 8.41. The first-order valence-electron chi connectivity index (χ1n) is 7.73. The van der Waals surface area contributed by atoms with Crippen molar-refractivity contribution in [2.24, 2.45) is 10.8 Å². The van der Waals surface area contributed by atoms with E-state index in [1.165, 1.54) is 0 Å². The van der Waals surface area contributed by atoms with E-state index in [-0.39, 0.29) is 16.6 Å². The van der Waals surface area contributed by atoms with Crippen LogP contribution in [0.2, 0.25) is 0 Å². The van der Waals surface area contributed by atoms with Gasteiger partial charge in [-0.25, -0.2) is 0 Å². The Bertz CT molecular complexity index is 619. The van der Waals surface area contributed by atoms with Crippen molar-refractivity contribution in [2.45, 2.75) is 65.6 Å². The SMILES string of the molecule is Cc1cc(O)c2c(c1C)C(O)C1(C)CC(C)(C)CC2(O)C1. The maximum absolute atomic E-state index is 11.3. The van der Waals surface area contributed by atoms with Gasteiger partial charge in [0.15, 0.2) is 0 Å². The van der Waals surface area contributed by atoms with Gasteiger partial charge in [0.2, 0.25) is 0 Å². The number of phenolic OH excluding ortho intramolecular Hbond substituents is 1. The van der Waals surface area contributed by atoms with Crippen molar-refractivity contribution >= 4 is 0 Å². The molecule has 0 aliphatic heterocycles. The van der Waals surface area contributed by atoms with Crippen LogP contribution in [-0.2, 0) is 5.60 Å². The van der Waals surface area contributed by atoms with Gasteiger partial charge in [0.25, 0.3) is 0 Å². The molecule has 1 aromatic rings. The van der Waals surface area contributed by atoms with E-state index in [9.17, 15) is 15.3 Å². The lowest BCUT2D eigenvalue weighted by Gasteiger charge is -2.57. The number of rotatable bonds is 0. The van der Waals surface area contributed by atoms with Crippen molar-refractivity contribution in [1.82, 2.24) is 0 Å². The van der Waals surface area contributed by atoms with Gasteiger partial charge in [-0.05, 0) is 61.3 Å². The van der Waals surface area contributed by atoms with Gasteiger partial charge >= 0.3 is 0 Å². The lowest BCUT2D eigenvalue weighted by atomic mass is 9.50. The van der Waals surface area contributed by atoms with Crippen molar-refractivity contribution in [2.75, 3.05) is 0 Å². The molecule has 3 unspecified atom stereocenters. The van der Waals surface area contributed by atoms with Gasteiger partial charge in [-0.3, -0.25) is 0 Å². The summed E-state index contributed by atoms with van der Waals surface area (Å²) in [6.07, 6.45) is 1.36. The van der Waals surface area contributed by atoms with Crippen molar-refractivity contribution in [3.8, 4) is 5.75 Å². The summed E-state index contributed by atoms with van der Waals surface area (Å²) in [4.78, 5) is 0. The molecule has 1 saturated carbocycles. The van der Waals surface area contributed by atoms with E-state index in [1.807, 2.05) is 13.8 Å². The van der Waals surface area contributed by atoms with Crippen molar-refractivity contribution < 1.29 is 15.3 Å². The molecule has 0 aromatic heterocycles. The summed E-state index contributed by atoms with van der Waals surface area (Å²) in [5.41, 5.74) is 1.78. The standard InChI is InChI=1S/C18H26O3/c1-10-6-12(19)14-13(11(10)2)15(20)17(5)7-16(3,4)8-18(14,21)9-17/h6,15,19-21H,7-9H2,1-5H3. The number of benzene rings is 1. The number of fused-ring (bicyclic) bond motifs is 4. The Morgan fingerprint density at radius 2 is 1.71 bits per heavy atom. The number of hydrogen-bond donors (Lipinski definition) is 3. The molecule has 21 heavy (non-hydrogen) atoms. The molecule has 0 amide bonds. The van der Waals surface area contributed by atoms with Gasteiger partial charge in [0.1, 0.15) is 5.75 Å². The fourth-order valence-corrected chi connectivity index (χ4v) is 5.21. The Morgan fingerprint density at radius 1 is 1.10 bits per heavy atom. The summed E-state index contributed by atoms with van der Waals surface area (Å²) in [5.74, 6) is 0.120. The Labute approximate surface area is 126 Å². The molecule has 2 bridgehead atoms. The lowest BCUT2D eigenvalue weighted by Crippen LogP contribution is -2.52. The first-order valence-corrected chi connectivity index (χ1v) is 7.73. The number of phenols is 1. The highest BCUT2D eigenvalue weighted by atomic mass is 16.3. The fraction of sp³-hybridized carbons (Fsp3) is 0.667. The quantitative estimate of drug-likeness (QED) is 0.685. The van der Waals surface area contributed by atoms with Gasteiger partial charge in [-0.2, -0.15) is 0 Å². The van der Waals surface area contributed by atoms with Crippen LogP contribution in [0, 0.1) is 24.7 Å². The van der Waals surface area contributed by atoms with Crippen molar-refractivity contribution in [3.05, 3.63) is 28.3 Å². The summed E-state index contributed by atoms with van der Waals surface area (Å²) in [6, 6.07) is 1.71. The highest BCUT2D eigenvalue weighted by Gasteiger charge is 2.58. The molecule has 3 nitrogen and oxygen atoms in total. The van der Waals surface area contributed by atoms with Crippen LogP contribution in [0.25, 0.3) is 0 Å². The van der Waals surface area contributed by atoms with Crippen LogP contribution < -0.4 is 0 Å². The zero-order chi connectivity index (χ0) is 15.8. The van der Waals surface area contributed by atoms with Gasteiger partial charge in [0.05, 0.1) is 11.7 Å². The zero-order valence-electron chi connectivity index (χ0n) is 13.6. The summed E-state index contributed by atoms with van der Waals surface area (Å²) >= 11 is 0. The van der Waals surface area contributed by atoms with Crippen molar-refractivity contribution in [1.29, 1.82) is 0 Å². The van der Waals surface area contributed by atoms with Crippen LogP contribution in [-0.4, -0.2) is 15.3 Å². The molecule has 0 saturated heterocycles. The van der Waals surface area contributed by atoms with E-state index in [1.54, 1.807) is 6.07 Å². The summed E-state index contributed by atoms with van der Waals surface area (Å²) in [5, 5.41) is 32.7. The fourth-order valence-electron chi connectivity index (χ4n) is 5.21. The molecule has 3 N–H and O–H groups in total. The van der Waals surface area contributed by atoms with E-state index in [2.05, 4.69) is 20.8 Å². The average Bonchev–Trinajstić information content (AvgIpc) is 2.27. The summed E-state index contributed by atoms with van der Waals surface area (Å²) in [6.45, 7) is 10.2. The van der Waals surface area contributed by atoms with Crippen LogP contribution in [0.15, 0.2) is 6.07 Å². The Kier molecular flexibility index (Phi) is 2.84. The number of hydrogen-bond acceptors (Lipinski definition) is 3. The first kappa shape index (κ1) is 14.9. The molecular weight excluding hydrogens is 264 g/mol. The molecule has 1 fully saturated rings. The van der Waals surface area contributed by atoms with Crippen LogP contribution in [0.3, 0.4) is 0 Å². The molecular formula is C18H26O3. The minimum absolute atomic E-state index is 0.0638. The van der Waals surface area contributed by atoms with Crippen LogP contribution in [0.5, 0.6) is 5.75 Å². The molecule has 0 radical (unpaired) electrons. The topological polar surface area (TPSA) is 60.7 Å². The number of aliphatic hydroxyl groups is 2. The van der Waals surface area contributed by atoms with Gasteiger partial charge in [0, 0.05) is 11.0 Å². The van der Waals surface area contributed by atoms with Crippen LogP contribution in [0.4, 0.5) is 0 Å². The van der Waals surface area contributed by atoms with Crippen LogP contribution in [0.1, 0.15) is 68.4 Å². The largest absolute Gasteiger partial charge is 0.508 e. The van der Waals surface area contributed by atoms with E-state index in [0.717, 1.165) is 23.1 Å². The molecule has 116 valence electrons. The number of aryl methyl sites for hydroxylation is 1. The first-order chi connectivity index (χ1) is 9.49. The monoisotopic (exact) mass is 290 g/mol. The van der Waals surface area contributed by atoms with Crippen LogP contribution >= 0.6 is 0 Å². The molecule has 1 aromatic carbocycles. The highest BCUT2D eigenvalue weighted by Crippen LogP contribution is 2.64. The maximum atomic E-state index is 11.3. The summed E-state index contributed by atoms with van der Waals surface area (Å²) < 4.78 is 0. The predicted molar refractivity (Wildman–Crippen MR) is 82.2 cm³/mol. The molecule has 0 spiro atoms. The van der Waals surface area contributed by atoms with E-state index in [4.69, 9.17) is 0 Å². The number of aromatic hydroxyl groups is 1. The summed E-state index contributed by atoms with van der Waals surface area (Å²) in [7, 11) is 0. The Hall–Kier alpha value is -1.06. The maximum Gasteiger partial charge on any atom is 0.122 e. The number of aliphatic hydroxyl groups excluding tert-OH is 1. The van der Waals surface area contributed by atoms with E-state index in [0.29, 0.717) is 18.4 Å². The lowest BCUT2D eigenvalue weighted by molar-refractivity contribution is -0.152. The van der Waals surface area contributed by atoms with Gasteiger partial charge in [-0.1, -0.05) is 20.8 Å². The molecule has 2 aliphatic rings. The third-order valence-electron chi connectivity index (χ3n) is 5.62. The van der Waals surface area contributed by atoms with Gasteiger partial charge in [-0.15, -0.1) is 0 Å². The third kappa shape index (κ3) is 1.94. The van der Waals surface area contributed by atoms with E-state index >= 15 is 0 Å². The minimum Gasteiger partial charge on any atom is -0.508 e. The smallest absolute Gasteiger partial charge is 0.122 e. The molecule has 3 atom stereocenters. The molecule has 0 heterocycles. The zero-order valence-corrected chi connectivity index (χ0v) is 13.6. The van der Waals surface area contributed by atoms with Crippen molar-refractivity contribution in [3.63, 3.8) is 0 Å². The van der Waals surface area contributed by atoms with Gasteiger partial charge < -0.3 is 15.3 Å². The highest BCUT2D eigenvalue weighted by molar-refractivity contribution is 5.54.